The molecule has 0 aliphatic carbocycles. The van der Waals surface area contributed by atoms with Crippen LogP contribution in [0, 0.1) is 6.92 Å². The summed E-state index contributed by atoms with van der Waals surface area (Å²) in [5.74, 6) is -0.455. The van der Waals surface area contributed by atoms with Crippen LogP contribution in [-0.4, -0.2) is 50.5 Å². The number of aryl methyl sites for hydroxylation is 1. The molecular weight excluding hydrogens is 546 g/mol. The summed E-state index contributed by atoms with van der Waals surface area (Å²) >= 11 is 6.23. The van der Waals surface area contributed by atoms with Crippen molar-refractivity contribution in [3.63, 3.8) is 0 Å². The van der Waals surface area contributed by atoms with Gasteiger partial charge in [0.2, 0.25) is 21.8 Å². The summed E-state index contributed by atoms with van der Waals surface area (Å²) in [5, 5.41) is 3.50. The summed E-state index contributed by atoms with van der Waals surface area (Å²) in [4.78, 5) is 28.8. The summed E-state index contributed by atoms with van der Waals surface area (Å²) in [7, 11) is -3.55. The average Bonchev–Trinajstić information content (AvgIpc) is 2.92. The molecule has 40 heavy (non-hydrogen) atoms. The number of nitrogens with one attached hydrogen (secondary N) is 1. The molecule has 3 aromatic carbocycles. The topological polar surface area (TPSA) is 86.8 Å². The number of amides is 2. The fourth-order valence-electron chi connectivity index (χ4n) is 4.47. The van der Waals surface area contributed by atoms with Crippen molar-refractivity contribution in [1.29, 1.82) is 0 Å². The Labute approximate surface area is 243 Å². The lowest BCUT2D eigenvalue weighted by molar-refractivity contribution is -0.141. The van der Waals surface area contributed by atoms with Crippen LogP contribution in [0.1, 0.15) is 42.9 Å². The Kier molecular flexibility index (Phi) is 11.6. The number of hydrogen-bond donors (Lipinski definition) is 1. The summed E-state index contributed by atoms with van der Waals surface area (Å²) < 4.78 is 26.4. The normalized spacial score (nSPS) is 12.0. The van der Waals surface area contributed by atoms with Gasteiger partial charge in [0.15, 0.2) is 0 Å². The van der Waals surface area contributed by atoms with Gasteiger partial charge in [-0.15, -0.1) is 0 Å². The summed E-state index contributed by atoms with van der Waals surface area (Å²) in [6.45, 7) is 4.75. The predicted molar refractivity (Wildman–Crippen MR) is 162 cm³/mol. The van der Waals surface area contributed by atoms with E-state index in [2.05, 4.69) is 5.32 Å². The molecule has 0 aromatic heterocycles. The van der Waals surface area contributed by atoms with Crippen molar-refractivity contribution in [2.75, 3.05) is 23.7 Å². The van der Waals surface area contributed by atoms with Crippen LogP contribution in [0.25, 0.3) is 0 Å². The van der Waals surface area contributed by atoms with Crippen molar-refractivity contribution >= 4 is 39.1 Å². The Hall–Kier alpha value is -3.36. The van der Waals surface area contributed by atoms with Crippen LogP contribution >= 0.6 is 11.6 Å². The Balaban J connectivity index is 1.86. The number of carbonyl (C=O) groups is 2. The van der Waals surface area contributed by atoms with E-state index >= 15 is 0 Å². The predicted octanol–water partition coefficient (Wildman–Crippen LogP) is 5.36. The van der Waals surface area contributed by atoms with E-state index in [1.54, 1.807) is 29.2 Å². The van der Waals surface area contributed by atoms with Gasteiger partial charge >= 0.3 is 0 Å². The number of halogens is 1. The molecule has 0 aliphatic rings. The highest BCUT2D eigenvalue weighted by molar-refractivity contribution is 7.92. The van der Waals surface area contributed by atoms with Gasteiger partial charge in [-0.25, -0.2) is 8.42 Å². The number of sulfonamides is 1. The lowest BCUT2D eigenvalue weighted by Crippen LogP contribution is -2.50. The standard InChI is InChI=1S/C31H38ClN3O4S/c1-4-19-33-31(37)29(22-25-10-6-5-7-11-25)34(23-26-12-8-13-27(32)21-26)30(36)14-9-20-35(40(3,38)39)28-17-15-24(2)16-18-28/h5-8,10-13,15-18,21,29H,4,9,14,19-20,22-23H2,1-3H3,(H,33,37). The Morgan fingerprint density at radius 1 is 0.950 bits per heavy atom. The van der Waals surface area contributed by atoms with E-state index in [-0.39, 0.29) is 31.3 Å². The van der Waals surface area contributed by atoms with Gasteiger partial charge in [-0.3, -0.25) is 13.9 Å². The first-order valence-electron chi connectivity index (χ1n) is 13.5. The molecule has 1 unspecified atom stereocenters. The molecule has 0 spiro atoms. The number of carbonyl (C=O) groups excluding carboxylic acids is 2. The van der Waals surface area contributed by atoms with Crippen molar-refractivity contribution in [1.82, 2.24) is 10.2 Å². The SMILES string of the molecule is CCCNC(=O)C(Cc1ccccc1)N(Cc1cccc(Cl)c1)C(=O)CCCN(c1ccc(C)cc1)S(C)(=O)=O. The second kappa shape index (κ2) is 14.9. The van der Waals surface area contributed by atoms with Gasteiger partial charge in [-0.05, 0) is 55.2 Å². The quantitative estimate of drug-likeness (QED) is 0.277. The zero-order chi connectivity index (χ0) is 29.1. The molecule has 3 aromatic rings. The van der Waals surface area contributed by atoms with E-state index in [9.17, 15) is 18.0 Å². The first-order chi connectivity index (χ1) is 19.1. The van der Waals surface area contributed by atoms with E-state index in [0.29, 0.717) is 30.1 Å². The monoisotopic (exact) mass is 583 g/mol. The molecule has 1 N–H and O–H groups in total. The van der Waals surface area contributed by atoms with Crippen LogP contribution in [0.2, 0.25) is 5.02 Å². The molecular formula is C31H38ClN3O4S. The molecule has 0 aliphatic heterocycles. The van der Waals surface area contributed by atoms with Crippen molar-refractivity contribution < 1.29 is 18.0 Å². The van der Waals surface area contributed by atoms with E-state index < -0.39 is 16.1 Å². The van der Waals surface area contributed by atoms with Gasteiger partial charge in [0.05, 0.1) is 11.9 Å². The maximum absolute atomic E-state index is 13.8. The third-order valence-electron chi connectivity index (χ3n) is 6.54. The highest BCUT2D eigenvalue weighted by atomic mass is 35.5. The molecule has 0 saturated heterocycles. The largest absolute Gasteiger partial charge is 0.354 e. The van der Waals surface area contributed by atoms with Crippen LogP contribution in [-0.2, 0) is 32.6 Å². The minimum atomic E-state index is -3.55. The molecule has 0 bridgehead atoms. The first-order valence-corrected chi connectivity index (χ1v) is 15.7. The second-order valence-corrected chi connectivity index (χ2v) is 12.3. The lowest BCUT2D eigenvalue weighted by Gasteiger charge is -2.32. The Morgan fingerprint density at radius 2 is 1.62 bits per heavy atom. The zero-order valence-corrected chi connectivity index (χ0v) is 24.9. The van der Waals surface area contributed by atoms with Gasteiger partial charge in [0.25, 0.3) is 0 Å². The number of rotatable bonds is 14. The zero-order valence-electron chi connectivity index (χ0n) is 23.3. The summed E-state index contributed by atoms with van der Waals surface area (Å²) in [6.07, 6.45) is 2.65. The molecule has 1 atom stereocenters. The van der Waals surface area contributed by atoms with Crippen molar-refractivity contribution in [2.45, 2.75) is 52.1 Å². The lowest BCUT2D eigenvalue weighted by atomic mass is 10.0. The molecule has 0 heterocycles. The molecule has 3 rings (SSSR count). The molecule has 0 fully saturated rings. The molecule has 214 valence electrons. The average molecular weight is 584 g/mol. The number of hydrogen-bond acceptors (Lipinski definition) is 4. The minimum Gasteiger partial charge on any atom is -0.354 e. The second-order valence-electron chi connectivity index (χ2n) is 9.92. The first kappa shape index (κ1) is 31.2. The fourth-order valence-corrected chi connectivity index (χ4v) is 5.65. The van der Waals surface area contributed by atoms with E-state index in [0.717, 1.165) is 29.4 Å². The van der Waals surface area contributed by atoms with Crippen LogP contribution in [0.15, 0.2) is 78.9 Å². The van der Waals surface area contributed by atoms with Crippen molar-refractivity contribution in [3.8, 4) is 0 Å². The molecule has 9 heteroatoms. The van der Waals surface area contributed by atoms with Crippen LogP contribution < -0.4 is 9.62 Å². The van der Waals surface area contributed by atoms with Crippen LogP contribution in [0.5, 0.6) is 0 Å². The highest BCUT2D eigenvalue weighted by Crippen LogP contribution is 2.21. The molecule has 0 radical (unpaired) electrons. The molecule has 2 amide bonds. The van der Waals surface area contributed by atoms with Gasteiger partial charge in [-0.1, -0.05) is 78.7 Å². The van der Waals surface area contributed by atoms with Gasteiger partial charge in [-0.2, -0.15) is 0 Å². The summed E-state index contributed by atoms with van der Waals surface area (Å²) in [6, 6.07) is 23.3. The minimum absolute atomic E-state index is 0.0742. The Bertz CT molecular complexity index is 1360. The third kappa shape index (κ3) is 9.38. The van der Waals surface area contributed by atoms with E-state index in [4.69, 9.17) is 11.6 Å². The maximum Gasteiger partial charge on any atom is 0.243 e. The highest BCUT2D eigenvalue weighted by Gasteiger charge is 2.30. The van der Waals surface area contributed by atoms with E-state index in [1.165, 1.54) is 4.31 Å². The fraction of sp³-hybridized carbons (Fsp3) is 0.355. The van der Waals surface area contributed by atoms with Gasteiger partial charge in [0.1, 0.15) is 6.04 Å². The third-order valence-corrected chi connectivity index (χ3v) is 7.97. The van der Waals surface area contributed by atoms with Crippen LogP contribution in [0.4, 0.5) is 5.69 Å². The van der Waals surface area contributed by atoms with Gasteiger partial charge < -0.3 is 10.2 Å². The smallest absolute Gasteiger partial charge is 0.243 e. The number of nitrogens with zero attached hydrogens (tertiary/aromatic N) is 2. The summed E-state index contributed by atoms with van der Waals surface area (Å²) in [5.41, 5.74) is 3.32. The van der Waals surface area contributed by atoms with Gasteiger partial charge in [0, 0.05) is 37.5 Å². The Morgan fingerprint density at radius 3 is 2.25 bits per heavy atom. The number of anilines is 1. The van der Waals surface area contributed by atoms with Crippen molar-refractivity contribution in [2.24, 2.45) is 0 Å². The number of benzene rings is 3. The molecule has 7 nitrogen and oxygen atoms in total. The van der Waals surface area contributed by atoms with Crippen LogP contribution in [0.3, 0.4) is 0 Å². The molecule has 0 saturated carbocycles. The van der Waals surface area contributed by atoms with Crippen molar-refractivity contribution in [3.05, 3.63) is 101 Å². The maximum atomic E-state index is 13.8. The van der Waals surface area contributed by atoms with E-state index in [1.807, 2.05) is 68.4 Å².